The van der Waals surface area contributed by atoms with E-state index < -0.39 is 6.09 Å². The van der Waals surface area contributed by atoms with Gasteiger partial charge >= 0.3 is 0 Å². The number of hydrogen-bond acceptors (Lipinski definition) is 3. The molecule has 0 aliphatic heterocycles. The van der Waals surface area contributed by atoms with Gasteiger partial charge in [0, 0.05) is 12.2 Å². The molecule has 0 aliphatic rings. The quantitative estimate of drug-likeness (QED) is 0.652. The summed E-state index contributed by atoms with van der Waals surface area (Å²) < 4.78 is 5.34. The van der Waals surface area contributed by atoms with Crippen LogP contribution >= 0.6 is 0 Å². The van der Waals surface area contributed by atoms with Crippen LogP contribution in [0, 0.1) is 0 Å². The number of carbonyl (C=O) groups excluding carboxylic acids is 1. The van der Waals surface area contributed by atoms with E-state index in [9.17, 15) is 9.90 Å². The van der Waals surface area contributed by atoms with Crippen molar-refractivity contribution in [1.82, 2.24) is 0 Å². The monoisotopic (exact) mass is 278 g/mol. The van der Waals surface area contributed by atoms with Gasteiger partial charge in [-0.1, -0.05) is 32.6 Å². The molecule has 0 atom stereocenters. The lowest BCUT2D eigenvalue weighted by Crippen LogP contribution is -2.41. The number of amides is 1. The average molecular weight is 278 g/mol. The normalized spacial score (nSPS) is 10.3. The molecule has 0 bridgehead atoms. The van der Waals surface area contributed by atoms with Gasteiger partial charge in [-0.3, -0.25) is 0 Å². The number of unbranched alkanes of at least 4 members (excludes halogenated alkanes) is 4. The SMILES string of the molecule is CCCCCCCN(C(=O)[O-])c1ccc(OCC)cc1. The van der Waals surface area contributed by atoms with Gasteiger partial charge in [0.15, 0.2) is 0 Å². The summed E-state index contributed by atoms with van der Waals surface area (Å²) in [5.41, 5.74) is 0.643. The fourth-order valence-corrected chi connectivity index (χ4v) is 2.09. The summed E-state index contributed by atoms with van der Waals surface area (Å²) in [5.74, 6) is 0.748. The van der Waals surface area contributed by atoms with Crippen LogP contribution in [-0.4, -0.2) is 19.2 Å². The van der Waals surface area contributed by atoms with Gasteiger partial charge in [0.2, 0.25) is 0 Å². The van der Waals surface area contributed by atoms with E-state index in [0.717, 1.165) is 25.0 Å². The smallest absolute Gasteiger partial charge is 0.141 e. The molecule has 1 rings (SSSR count). The van der Waals surface area contributed by atoms with Crippen molar-refractivity contribution in [3.05, 3.63) is 24.3 Å². The largest absolute Gasteiger partial charge is 0.530 e. The summed E-state index contributed by atoms with van der Waals surface area (Å²) in [6.45, 7) is 5.16. The fraction of sp³-hybridized carbons (Fsp3) is 0.562. The first-order chi connectivity index (χ1) is 9.69. The highest BCUT2D eigenvalue weighted by Gasteiger charge is 2.07. The minimum Gasteiger partial charge on any atom is -0.530 e. The summed E-state index contributed by atoms with van der Waals surface area (Å²) >= 11 is 0. The van der Waals surface area contributed by atoms with Crippen molar-refractivity contribution in [3.8, 4) is 5.75 Å². The second-order valence-corrected chi connectivity index (χ2v) is 4.76. The van der Waals surface area contributed by atoms with Crippen LogP contribution in [0.3, 0.4) is 0 Å². The van der Waals surface area contributed by atoms with Crippen molar-refractivity contribution < 1.29 is 14.6 Å². The lowest BCUT2D eigenvalue weighted by molar-refractivity contribution is -0.246. The molecule has 1 amide bonds. The molecule has 4 heteroatoms. The molecular formula is C16H24NO3-. The fourth-order valence-electron chi connectivity index (χ4n) is 2.09. The number of carbonyl (C=O) groups is 1. The van der Waals surface area contributed by atoms with Crippen LogP contribution in [0.15, 0.2) is 24.3 Å². The van der Waals surface area contributed by atoms with E-state index in [1.54, 1.807) is 24.3 Å². The Morgan fingerprint density at radius 2 is 1.75 bits per heavy atom. The Kier molecular flexibility index (Phi) is 7.55. The lowest BCUT2D eigenvalue weighted by Gasteiger charge is -2.25. The lowest BCUT2D eigenvalue weighted by atomic mass is 10.1. The molecule has 0 N–H and O–H groups in total. The molecule has 0 spiro atoms. The van der Waals surface area contributed by atoms with Crippen molar-refractivity contribution >= 4 is 11.8 Å². The first kappa shape index (κ1) is 16.3. The molecule has 0 heterocycles. The van der Waals surface area contributed by atoms with Crippen molar-refractivity contribution in [1.29, 1.82) is 0 Å². The molecule has 20 heavy (non-hydrogen) atoms. The van der Waals surface area contributed by atoms with Gasteiger partial charge < -0.3 is 19.5 Å². The summed E-state index contributed by atoms with van der Waals surface area (Å²) in [7, 11) is 0. The van der Waals surface area contributed by atoms with Crippen LogP contribution in [0.2, 0.25) is 0 Å². The Bertz CT molecular complexity index is 389. The molecule has 0 fully saturated rings. The number of anilines is 1. The van der Waals surface area contributed by atoms with Crippen LogP contribution in [0.4, 0.5) is 10.5 Å². The minimum atomic E-state index is -1.15. The van der Waals surface area contributed by atoms with E-state index in [1.165, 1.54) is 17.7 Å². The molecule has 4 nitrogen and oxygen atoms in total. The van der Waals surface area contributed by atoms with E-state index in [-0.39, 0.29) is 0 Å². The van der Waals surface area contributed by atoms with Gasteiger partial charge in [0.1, 0.15) is 11.8 Å². The third-order valence-electron chi connectivity index (χ3n) is 3.17. The number of rotatable bonds is 9. The van der Waals surface area contributed by atoms with Crippen LogP contribution < -0.4 is 14.7 Å². The van der Waals surface area contributed by atoms with E-state index in [4.69, 9.17) is 4.74 Å². The zero-order chi connectivity index (χ0) is 14.8. The van der Waals surface area contributed by atoms with Gasteiger partial charge in [0.05, 0.1) is 6.61 Å². The van der Waals surface area contributed by atoms with Crippen LogP contribution in [0.5, 0.6) is 5.75 Å². The van der Waals surface area contributed by atoms with E-state index >= 15 is 0 Å². The van der Waals surface area contributed by atoms with Gasteiger partial charge in [-0.25, -0.2) is 0 Å². The van der Waals surface area contributed by atoms with Crippen molar-refractivity contribution in [2.24, 2.45) is 0 Å². The van der Waals surface area contributed by atoms with Gasteiger partial charge in [-0.15, -0.1) is 0 Å². The Labute approximate surface area is 121 Å². The highest BCUT2D eigenvalue weighted by molar-refractivity contribution is 5.84. The molecule has 0 aromatic heterocycles. The third kappa shape index (κ3) is 5.51. The molecule has 0 aliphatic carbocycles. The van der Waals surface area contributed by atoms with Crippen molar-refractivity contribution in [2.45, 2.75) is 46.0 Å². The van der Waals surface area contributed by atoms with E-state index in [1.807, 2.05) is 6.92 Å². The highest BCUT2D eigenvalue weighted by Crippen LogP contribution is 2.20. The van der Waals surface area contributed by atoms with Crippen LogP contribution in [0.1, 0.15) is 46.0 Å². The van der Waals surface area contributed by atoms with Gasteiger partial charge in [0.25, 0.3) is 0 Å². The second kappa shape index (κ2) is 9.23. The summed E-state index contributed by atoms with van der Waals surface area (Å²) in [4.78, 5) is 12.5. The molecule has 0 saturated heterocycles. The Hall–Kier alpha value is -1.71. The molecule has 0 saturated carbocycles. The predicted molar refractivity (Wildman–Crippen MR) is 79.1 cm³/mol. The summed E-state index contributed by atoms with van der Waals surface area (Å²) in [6.07, 6.45) is 4.30. The van der Waals surface area contributed by atoms with Gasteiger partial charge in [-0.05, 0) is 37.6 Å². The molecule has 1 aromatic carbocycles. The van der Waals surface area contributed by atoms with E-state index in [0.29, 0.717) is 18.8 Å². The summed E-state index contributed by atoms with van der Waals surface area (Å²) in [5, 5.41) is 11.2. The Balaban J connectivity index is 2.54. The van der Waals surface area contributed by atoms with Crippen LogP contribution in [-0.2, 0) is 0 Å². The second-order valence-electron chi connectivity index (χ2n) is 4.76. The number of ether oxygens (including phenoxy) is 1. The molecule has 0 unspecified atom stereocenters. The minimum absolute atomic E-state index is 0.486. The summed E-state index contributed by atoms with van der Waals surface area (Å²) in [6, 6.07) is 7.08. The van der Waals surface area contributed by atoms with Crippen molar-refractivity contribution in [3.63, 3.8) is 0 Å². The zero-order valence-corrected chi connectivity index (χ0v) is 12.4. The maximum atomic E-state index is 11.2. The third-order valence-corrected chi connectivity index (χ3v) is 3.17. The molecule has 112 valence electrons. The maximum absolute atomic E-state index is 11.2. The number of carboxylic acid groups (broad SMARTS) is 1. The first-order valence-electron chi connectivity index (χ1n) is 7.40. The topological polar surface area (TPSA) is 52.6 Å². The highest BCUT2D eigenvalue weighted by atomic mass is 16.5. The Morgan fingerprint density at radius 1 is 1.10 bits per heavy atom. The number of hydrogen-bond donors (Lipinski definition) is 0. The molecule has 0 radical (unpaired) electrons. The van der Waals surface area contributed by atoms with Gasteiger partial charge in [-0.2, -0.15) is 0 Å². The standard InChI is InChI=1S/C16H25NO3/c1-3-5-6-7-8-13-17(16(18)19)14-9-11-15(12-10-14)20-4-2/h9-12H,3-8,13H2,1-2H3,(H,18,19)/p-1. The zero-order valence-electron chi connectivity index (χ0n) is 12.4. The predicted octanol–water partition coefficient (Wildman–Crippen LogP) is 3.21. The number of benzene rings is 1. The van der Waals surface area contributed by atoms with Crippen LogP contribution in [0.25, 0.3) is 0 Å². The molecular weight excluding hydrogens is 254 g/mol. The average Bonchev–Trinajstić information content (AvgIpc) is 2.44. The van der Waals surface area contributed by atoms with Crippen molar-refractivity contribution in [2.75, 3.05) is 18.1 Å². The first-order valence-corrected chi connectivity index (χ1v) is 7.40. The molecule has 1 aromatic rings. The Morgan fingerprint density at radius 3 is 2.30 bits per heavy atom. The maximum Gasteiger partial charge on any atom is 0.141 e. The van der Waals surface area contributed by atoms with E-state index in [2.05, 4.69) is 6.92 Å². The number of nitrogens with zero attached hydrogens (tertiary/aromatic N) is 1.